The molecule has 0 bridgehead atoms. The molecule has 0 radical (unpaired) electrons. The minimum atomic E-state index is -0.381. The molecule has 98 valence electrons. The third-order valence-corrected chi connectivity index (χ3v) is 2.80. The number of carbonyl (C=O) groups is 1. The standard InChI is InChI=1S/C11H14ClN3O2S/c1-6-3-8(4-7(2)10(6)12)17-5-9(16)14-15-11(13)18/h3-4H,5H2,1-2H3,(H,14,16)(H3,13,15,18). The van der Waals surface area contributed by atoms with Gasteiger partial charge in [-0.1, -0.05) is 11.6 Å². The summed E-state index contributed by atoms with van der Waals surface area (Å²) in [7, 11) is 0. The summed E-state index contributed by atoms with van der Waals surface area (Å²) in [5.41, 5.74) is 11.6. The fourth-order valence-electron chi connectivity index (χ4n) is 1.31. The van der Waals surface area contributed by atoms with Crippen LogP contribution in [0.15, 0.2) is 12.1 Å². The summed E-state index contributed by atoms with van der Waals surface area (Å²) in [6.45, 7) is 3.60. The van der Waals surface area contributed by atoms with Crippen LogP contribution in [0.4, 0.5) is 0 Å². The number of nitrogens with two attached hydrogens (primary N) is 1. The van der Waals surface area contributed by atoms with Crippen LogP contribution in [0.1, 0.15) is 11.1 Å². The smallest absolute Gasteiger partial charge is 0.276 e. The van der Waals surface area contributed by atoms with Gasteiger partial charge in [-0.15, -0.1) is 0 Å². The number of aryl methyl sites for hydroxylation is 2. The van der Waals surface area contributed by atoms with Crippen molar-refractivity contribution in [1.82, 2.24) is 10.9 Å². The highest BCUT2D eigenvalue weighted by molar-refractivity contribution is 7.80. The van der Waals surface area contributed by atoms with Crippen molar-refractivity contribution in [3.8, 4) is 5.75 Å². The van der Waals surface area contributed by atoms with Crippen LogP contribution in [-0.2, 0) is 4.79 Å². The number of hydrazine groups is 1. The molecule has 1 amide bonds. The van der Waals surface area contributed by atoms with Crippen molar-refractivity contribution >= 4 is 34.8 Å². The molecule has 18 heavy (non-hydrogen) atoms. The molecule has 1 rings (SSSR count). The fraction of sp³-hybridized carbons (Fsp3) is 0.273. The third-order valence-electron chi connectivity index (χ3n) is 2.11. The summed E-state index contributed by atoms with van der Waals surface area (Å²) in [6, 6.07) is 3.53. The van der Waals surface area contributed by atoms with Crippen molar-refractivity contribution in [2.45, 2.75) is 13.8 Å². The number of thiocarbonyl (C=S) groups is 1. The predicted octanol–water partition coefficient (Wildman–Crippen LogP) is 1.20. The Hall–Kier alpha value is -1.53. The first-order chi connectivity index (χ1) is 8.40. The van der Waals surface area contributed by atoms with E-state index in [2.05, 4.69) is 23.1 Å². The Morgan fingerprint density at radius 3 is 2.44 bits per heavy atom. The van der Waals surface area contributed by atoms with Crippen molar-refractivity contribution in [3.05, 3.63) is 28.3 Å². The summed E-state index contributed by atoms with van der Waals surface area (Å²) in [4.78, 5) is 11.3. The highest BCUT2D eigenvalue weighted by Crippen LogP contribution is 2.25. The number of hydrogen-bond donors (Lipinski definition) is 3. The van der Waals surface area contributed by atoms with E-state index in [0.717, 1.165) is 11.1 Å². The first-order valence-electron chi connectivity index (χ1n) is 5.14. The fourth-order valence-corrected chi connectivity index (χ4v) is 1.47. The molecule has 0 heterocycles. The molecule has 7 heteroatoms. The number of rotatable bonds is 3. The lowest BCUT2D eigenvalue weighted by Gasteiger charge is -2.10. The zero-order chi connectivity index (χ0) is 13.7. The zero-order valence-corrected chi connectivity index (χ0v) is 11.6. The summed E-state index contributed by atoms with van der Waals surface area (Å²) >= 11 is 10.6. The van der Waals surface area contributed by atoms with E-state index in [0.29, 0.717) is 10.8 Å². The quantitative estimate of drug-likeness (QED) is 0.575. The van der Waals surface area contributed by atoms with Crippen molar-refractivity contribution in [1.29, 1.82) is 0 Å². The lowest BCUT2D eigenvalue weighted by molar-refractivity contribution is -0.123. The van der Waals surface area contributed by atoms with Gasteiger partial charge in [-0.3, -0.25) is 15.6 Å². The number of nitrogens with one attached hydrogen (secondary N) is 2. The lowest BCUT2D eigenvalue weighted by Crippen LogP contribution is -2.46. The molecule has 0 unspecified atom stereocenters. The van der Waals surface area contributed by atoms with E-state index < -0.39 is 0 Å². The average molecular weight is 288 g/mol. The summed E-state index contributed by atoms with van der Waals surface area (Å²) in [5, 5.41) is 0.684. The van der Waals surface area contributed by atoms with E-state index in [4.69, 9.17) is 22.1 Å². The Morgan fingerprint density at radius 2 is 1.94 bits per heavy atom. The highest BCUT2D eigenvalue weighted by Gasteiger charge is 2.06. The third kappa shape index (κ3) is 4.38. The molecule has 5 nitrogen and oxygen atoms in total. The minimum absolute atomic E-state index is 0.0125. The number of carbonyl (C=O) groups excluding carboxylic acids is 1. The minimum Gasteiger partial charge on any atom is -0.484 e. The van der Waals surface area contributed by atoms with Crippen LogP contribution in [-0.4, -0.2) is 17.6 Å². The molecule has 0 spiro atoms. The zero-order valence-electron chi connectivity index (χ0n) is 10.0. The van der Waals surface area contributed by atoms with E-state index in [9.17, 15) is 4.79 Å². The normalized spacial score (nSPS) is 9.72. The molecule has 4 N–H and O–H groups in total. The molecule has 1 aromatic rings. The second-order valence-corrected chi connectivity index (χ2v) is 4.51. The molecule has 0 fully saturated rings. The molecule has 0 aliphatic rings. The summed E-state index contributed by atoms with van der Waals surface area (Å²) in [5.74, 6) is 0.202. The number of benzene rings is 1. The highest BCUT2D eigenvalue weighted by atomic mass is 35.5. The number of amides is 1. The van der Waals surface area contributed by atoms with Crippen LogP contribution < -0.4 is 21.3 Å². The number of halogens is 1. The molecule has 0 aliphatic heterocycles. The maximum Gasteiger partial charge on any atom is 0.276 e. The molecule has 0 saturated carbocycles. The average Bonchev–Trinajstić information content (AvgIpc) is 2.30. The number of hydrogen-bond acceptors (Lipinski definition) is 3. The molecule has 1 aromatic carbocycles. The van der Waals surface area contributed by atoms with Crippen LogP contribution in [0, 0.1) is 13.8 Å². The predicted molar refractivity (Wildman–Crippen MR) is 74.5 cm³/mol. The van der Waals surface area contributed by atoms with Crippen LogP contribution in [0.2, 0.25) is 5.02 Å². The Morgan fingerprint density at radius 1 is 1.39 bits per heavy atom. The summed E-state index contributed by atoms with van der Waals surface area (Å²) in [6.07, 6.45) is 0. The van der Waals surface area contributed by atoms with Crippen LogP contribution in [0.3, 0.4) is 0 Å². The SMILES string of the molecule is Cc1cc(OCC(=O)NNC(N)=S)cc(C)c1Cl. The lowest BCUT2D eigenvalue weighted by atomic mass is 10.1. The van der Waals surface area contributed by atoms with Gasteiger partial charge < -0.3 is 10.5 Å². The second kappa shape index (κ2) is 6.42. The van der Waals surface area contributed by atoms with Crippen molar-refractivity contribution in [2.24, 2.45) is 5.73 Å². The monoisotopic (exact) mass is 287 g/mol. The van der Waals surface area contributed by atoms with E-state index in [-0.39, 0.29) is 17.6 Å². The Labute approximate surface area is 116 Å². The van der Waals surface area contributed by atoms with Crippen molar-refractivity contribution in [2.75, 3.05) is 6.61 Å². The first-order valence-corrected chi connectivity index (χ1v) is 5.92. The summed E-state index contributed by atoms with van der Waals surface area (Å²) < 4.78 is 5.32. The largest absolute Gasteiger partial charge is 0.484 e. The van der Waals surface area contributed by atoms with Crippen LogP contribution in [0.25, 0.3) is 0 Å². The molecule has 0 aromatic heterocycles. The van der Waals surface area contributed by atoms with Gasteiger partial charge in [-0.05, 0) is 49.3 Å². The van der Waals surface area contributed by atoms with Gasteiger partial charge in [-0.25, -0.2) is 0 Å². The molecule has 0 aliphatic carbocycles. The van der Waals surface area contributed by atoms with Gasteiger partial charge in [0.25, 0.3) is 5.91 Å². The first kappa shape index (κ1) is 14.5. The van der Waals surface area contributed by atoms with Gasteiger partial charge in [0.1, 0.15) is 5.75 Å². The maximum absolute atomic E-state index is 11.3. The molecular weight excluding hydrogens is 274 g/mol. The van der Waals surface area contributed by atoms with E-state index in [1.54, 1.807) is 12.1 Å². The van der Waals surface area contributed by atoms with E-state index in [1.165, 1.54) is 0 Å². The van der Waals surface area contributed by atoms with Gasteiger partial charge in [0, 0.05) is 5.02 Å². The Kier molecular flexibility index (Phi) is 5.18. The van der Waals surface area contributed by atoms with Gasteiger partial charge >= 0.3 is 0 Å². The van der Waals surface area contributed by atoms with Crippen molar-refractivity contribution < 1.29 is 9.53 Å². The van der Waals surface area contributed by atoms with Gasteiger partial charge in [0.15, 0.2) is 11.7 Å². The van der Waals surface area contributed by atoms with Crippen LogP contribution in [0.5, 0.6) is 5.75 Å². The van der Waals surface area contributed by atoms with Crippen molar-refractivity contribution in [3.63, 3.8) is 0 Å². The van der Waals surface area contributed by atoms with E-state index in [1.807, 2.05) is 13.8 Å². The van der Waals surface area contributed by atoms with Crippen LogP contribution >= 0.6 is 23.8 Å². The van der Waals surface area contributed by atoms with Gasteiger partial charge in [0.2, 0.25) is 0 Å². The Balaban J connectivity index is 2.53. The molecule has 0 atom stereocenters. The second-order valence-electron chi connectivity index (χ2n) is 3.70. The number of ether oxygens (including phenoxy) is 1. The topological polar surface area (TPSA) is 76.4 Å². The Bertz CT molecular complexity index is 456. The molecule has 0 saturated heterocycles. The maximum atomic E-state index is 11.3. The van der Waals surface area contributed by atoms with Gasteiger partial charge in [0.05, 0.1) is 0 Å². The van der Waals surface area contributed by atoms with Gasteiger partial charge in [-0.2, -0.15) is 0 Å². The molecular formula is C11H14ClN3O2S. The van der Waals surface area contributed by atoms with E-state index >= 15 is 0 Å².